The molecule has 1 aliphatic carbocycles. The van der Waals surface area contributed by atoms with E-state index in [9.17, 15) is 4.79 Å². The van der Waals surface area contributed by atoms with Crippen LogP contribution in [-0.4, -0.2) is 27.5 Å². The van der Waals surface area contributed by atoms with Crippen molar-refractivity contribution in [2.75, 3.05) is 5.32 Å². The zero-order valence-electron chi connectivity index (χ0n) is 14.9. The average Bonchev–Trinajstić information content (AvgIpc) is 3.21. The molecule has 2 heterocycles. The standard InChI is InChI=1S/C19H24N4O.2ClH/c1-23-10-9-20-18(23)14-6-4-7-15(11-14)21-19(24)17-12-13-5-2-3-8-16(13)22-17;;/h4,6-7,9-11,13,16-17,22H,2-3,5,8,12H2,1H3,(H,21,24);2*1H. The number of carbonyl (C=O) groups is 1. The predicted molar refractivity (Wildman–Crippen MR) is 109 cm³/mol. The van der Waals surface area contributed by atoms with Gasteiger partial charge in [-0.1, -0.05) is 25.0 Å². The van der Waals surface area contributed by atoms with Crippen LogP contribution in [0.15, 0.2) is 36.7 Å². The van der Waals surface area contributed by atoms with Gasteiger partial charge in [-0.25, -0.2) is 4.98 Å². The van der Waals surface area contributed by atoms with Crippen LogP contribution in [-0.2, 0) is 11.8 Å². The number of nitrogens with one attached hydrogen (secondary N) is 2. The van der Waals surface area contributed by atoms with E-state index in [2.05, 4.69) is 15.6 Å². The minimum atomic E-state index is -0.0603. The van der Waals surface area contributed by atoms with Gasteiger partial charge in [-0.3, -0.25) is 4.79 Å². The molecule has 1 aliphatic heterocycles. The highest BCUT2D eigenvalue weighted by Gasteiger charge is 2.38. The molecule has 0 bridgehead atoms. The first kappa shape index (κ1) is 20.7. The minimum absolute atomic E-state index is 0. The van der Waals surface area contributed by atoms with Crippen molar-refractivity contribution in [2.45, 2.75) is 44.2 Å². The molecule has 26 heavy (non-hydrogen) atoms. The summed E-state index contributed by atoms with van der Waals surface area (Å²) in [6.07, 6.45) is 9.74. The summed E-state index contributed by atoms with van der Waals surface area (Å²) in [6.45, 7) is 0. The topological polar surface area (TPSA) is 59.0 Å². The van der Waals surface area contributed by atoms with Crippen LogP contribution in [0.5, 0.6) is 0 Å². The summed E-state index contributed by atoms with van der Waals surface area (Å²) < 4.78 is 1.98. The number of rotatable bonds is 3. The Hall–Kier alpha value is -1.56. The summed E-state index contributed by atoms with van der Waals surface area (Å²) in [5.74, 6) is 1.66. The highest BCUT2D eigenvalue weighted by molar-refractivity contribution is 5.95. The van der Waals surface area contributed by atoms with Crippen LogP contribution >= 0.6 is 24.8 Å². The molecule has 142 valence electrons. The fraction of sp³-hybridized carbons (Fsp3) is 0.474. The molecule has 4 rings (SSSR count). The zero-order chi connectivity index (χ0) is 16.5. The van der Waals surface area contributed by atoms with Gasteiger partial charge in [0.15, 0.2) is 0 Å². The summed E-state index contributed by atoms with van der Waals surface area (Å²) in [4.78, 5) is 17.0. The number of anilines is 1. The molecule has 2 N–H and O–H groups in total. The highest BCUT2D eigenvalue weighted by Crippen LogP contribution is 2.33. The maximum absolute atomic E-state index is 12.6. The van der Waals surface area contributed by atoms with Crippen molar-refractivity contribution in [2.24, 2.45) is 13.0 Å². The Balaban J connectivity index is 0.00000121. The number of fused-ring (bicyclic) bond motifs is 1. The Kier molecular flexibility index (Phi) is 7.09. The van der Waals surface area contributed by atoms with E-state index in [1.54, 1.807) is 6.20 Å². The Morgan fingerprint density at radius 1 is 1.27 bits per heavy atom. The summed E-state index contributed by atoms with van der Waals surface area (Å²) in [5, 5.41) is 6.61. The summed E-state index contributed by atoms with van der Waals surface area (Å²) in [7, 11) is 1.97. The molecule has 5 nitrogen and oxygen atoms in total. The Morgan fingerprint density at radius 3 is 2.81 bits per heavy atom. The van der Waals surface area contributed by atoms with Crippen molar-refractivity contribution in [1.29, 1.82) is 0 Å². The Morgan fingerprint density at radius 2 is 2.08 bits per heavy atom. The number of aryl methyl sites for hydroxylation is 1. The van der Waals surface area contributed by atoms with Crippen molar-refractivity contribution in [3.8, 4) is 11.4 Å². The molecular formula is C19H26Cl2N4O. The molecule has 2 aromatic rings. The average molecular weight is 397 g/mol. The van der Waals surface area contributed by atoms with Crippen molar-refractivity contribution in [1.82, 2.24) is 14.9 Å². The number of benzene rings is 1. The van der Waals surface area contributed by atoms with E-state index in [0.717, 1.165) is 23.5 Å². The molecule has 7 heteroatoms. The summed E-state index contributed by atoms with van der Waals surface area (Å²) in [5.41, 5.74) is 1.84. The molecule has 1 aromatic heterocycles. The second kappa shape index (κ2) is 8.89. The molecule has 2 aliphatic rings. The van der Waals surface area contributed by atoms with E-state index in [1.165, 1.54) is 25.7 Å². The van der Waals surface area contributed by atoms with Crippen LogP contribution in [0.2, 0.25) is 0 Å². The molecule has 0 spiro atoms. The lowest BCUT2D eigenvalue weighted by molar-refractivity contribution is -0.117. The maximum atomic E-state index is 12.6. The normalized spacial score (nSPS) is 24.1. The summed E-state index contributed by atoms with van der Waals surface area (Å²) in [6, 6.07) is 8.37. The first-order valence-electron chi connectivity index (χ1n) is 8.85. The van der Waals surface area contributed by atoms with Crippen molar-refractivity contribution < 1.29 is 4.79 Å². The molecule has 1 aromatic carbocycles. The van der Waals surface area contributed by atoms with Gasteiger partial charge in [0, 0.05) is 36.7 Å². The largest absolute Gasteiger partial charge is 0.334 e. The number of hydrogen-bond donors (Lipinski definition) is 2. The number of hydrogen-bond acceptors (Lipinski definition) is 3. The quantitative estimate of drug-likeness (QED) is 0.829. The molecule has 2 fully saturated rings. The van der Waals surface area contributed by atoms with Crippen LogP contribution in [0.3, 0.4) is 0 Å². The fourth-order valence-electron chi connectivity index (χ4n) is 4.13. The third-order valence-corrected chi connectivity index (χ3v) is 5.39. The van der Waals surface area contributed by atoms with Crippen LogP contribution in [0.25, 0.3) is 11.4 Å². The van der Waals surface area contributed by atoms with E-state index >= 15 is 0 Å². The van der Waals surface area contributed by atoms with E-state index in [0.29, 0.717) is 12.0 Å². The van der Waals surface area contributed by atoms with Crippen molar-refractivity contribution in [3.05, 3.63) is 36.7 Å². The third kappa shape index (κ3) is 4.22. The fourth-order valence-corrected chi connectivity index (χ4v) is 4.13. The Bertz CT molecular complexity index is 735. The number of amides is 1. The lowest BCUT2D eigenvalue weighted by atomic mass is 9.85. The number of carbonyl (C=O) groups excluding carboxylic acids is 1. The van der Waals surface area contributed by atoms with E-state index in [4.69, 9.17) is 0 Å². The summed E-state index contributed by atoms with van der Waals surface area (Å²) >= 11 is 0. The van der Waals surface area contributed by atoms with E-state index in [-0.39, 0.29) is 36.8 Å². The van der Waals surface area contributed by atoms with Gasteiger partial charge in [0.05, 0.1) is 6.04 Å². The van der Waals surface area contributed by atoms with Crippen LogP contribution < -0.4 is 10.6 Å². The van der Waals surface area contributed by atoms with Gasteiger partial charge in [0.1, 0.15) is 5.82 Å². The van der Waals surface area contributed by atoms with Crippen LogP contribution in [0, 0.1) is 5.92 Å². The first-order chi connectivity index (χ1) is 11.7. The molecule has 3 atom stereocenters. The van der Waals surface area contributed by atoms with Gasteiger partial charge in [0.2, 0.25) is 5.91 Å². The number of aromatic nitrogens is 2. The number of nitrogens with zero attached hydrogens (tertiary/aromatic N) is 2. The maximum Gasteiger partial charge on any atom is 0.241 e. The van der Waals surface area contributed by atoms with Gasteiger partial charge >= 0.3 is 0 Å². The predicted octanol–water partition coefficient (Wildman–Crippen LogP) is 3.79. The third-order valence-electron chi connectivity index (χ3n) is 5.39. The van der Waals surface area contributed by atoms with Crippen LogP contribution in [0.4, 0.5) is 5.69 Å². The number of imidazole rings is 1. The lowest BCUT2D eigenvalue weighted by Crippen LogP contribution is -2.39. The first-order valence-corrected chi connectivity index (χ1v) is 8.85. The van der Waals surface area contributed by atoms with Gasteiger partial charge in [-0.2, -0.15) is 0 Å². The second-order valence-electron chi connectivity index (χ2n) is 7.04. The van der Waals surface area contributed by atoms with Crippen LogP contribution in [0.1, 0.15) is 32.1 Å². The molecule has 3 unspecified atom stereocenters. The van der Waals surface area contributed by atoms with Gasteiger partial charge in [-0.15, -0.1) is 24.8 Å². The number of halogens is 2. The van der Waals surface area contributed by atoms with Crippen molar-refractivity contribution in [3.63, 3.8) is 0 Å². The smallest absolute Gasteiger partial charge is 0.241 e. The highest BCUT2D eigenvalue weighted by atomic mass is 35.5. The molecule has 0 radical (unpaired) electrons. The monoisotopic (exact) mass is 396 g/mol. The van der Waals surface area contributed by atoms with Gasteiger partial charge in [-0.05, 0) is 37.3 Å². The van der Waals surface area contributed by atoms with E-state index < -0.39 is 0 Å². The Labute approximate surface area is 166 Å². The van der Waals surface area contributed by atoms with E-state index in [1.807, 2.05) is 42.1 Å². The van der Waals surface area contributed by atoms with Gasteiger partial charge in [0.25, 0.3) is 0 Å². The lowest BCUT2D eigenvalue weighted by Gasteiger charge is -2.24. The molecule has 1 amide bonds. The minimum Gasteiger partial charge on any atom is -0.334 e. The SMILES string of the molecule is Cl.Cl.Cn1ccnc1-c1cccc(NC(=O)C2CC3CCCCC3N2)c1. The van der Waals surface area contributed by atoms with Crippen molar-refractivity contribution >= 4 is 36.4 Å². The second-order valence-corrected chi connectivity index (χ2v) is 7.04. The van der Waals surface area contributed by atoms with Gasteiger partial charge < -0.3 is 15.2 Å². The zero-order valence-corrected chi connectivity index (χ0v) is 16.5. The molecular weight excluding hydrogens is 371 g/mol. The molecule has 1 saturated heterocycles. The molecule has 1 saturated carbocycles.